The molecular formula is C15H20N2OS. The average molecular weight is 276 g/mol. The van der Waals surface area contributed by atoms with Crippen molar-refractivity contribution in [2.24, 2.45) is 0 Å². The highest BCUT2D eigenvalue weighted by Gasteiger charge is 2.10. The third-order valence-electron chi connectivity index (χ3n) is 2.74. The van der Waals surface area contributed by atoms with E-state index in [1.807, 2.05) is 24.3 Å². The monoisotopic (exact) mass is 276 g/mol. The van der Waals surface area contributed by atoms with Crippen LogP contribution in [-0.4, -0.2) is 11.6 Å². The van der Waals surface area contributed by atoms with Gasteiger partial charge in [-0.05, 0) is 31.4 Å². The van der Waals surface area contributed by atoms with E-state index in [1.165, 1.54) is 0 Å². The van der Waals surface area contributed by atoms with Gasteiger partial charge < -0.3 is 10.5 Å². The number of aryl methyl sites for hydroxylation is 1. The molecule has 0 saturated carbocycles. The molecule has 0 amide bonds. The predicted octanol–water partition coefficient (Wildman–Crippen LogP) is 4.13. The topological polar surface area (TPSA) is 48.1 Å². The number of benzene rings is 1. The Morgan fingerprint density at radius 2 is 2.11 bits per heavy atom. The molecule has 2 rings (SSSR count). The molecule has 2 aromatic rings. The molecule has 3 nitrogen and oxygen atoms in total. The zero-order chi connectivity index (χ0) is 13.7. The summed E-state index contributed by atoms with van der Waals surface area (Å²) in [4.78, 5) is 4.63. The van der Waals surface area contributed by atoms with Crippen LogP contribution < -0.4 is 10.5 Å². The van der Waals surface area contributed by atoms with Crippen LogP contribution in [-0.2, 0) is 6.42 Å². The number of nitrogens with zero attached hydrogens (tertiary/aromatic N) is 1. The molecule has 0 radical (unpaired) electrons. The summed E-state index contributed by atoms with van der Waals surface area (Å²) in [5.74, 6) is 0.879. The number of nitrogens with two attached hydrogens (primary N) is 1. The Hall–Kier alpha value is -1.55. The molecule has 0 bridgehead atoms. The summed E-state index contributed by atoms with van der Waals surface area (Å²) in [7, 11) is 0. The van der Waals surface area contributed by atoms with E-state index in [1.54, 1.807) is 11.3 Å². The molecule has 102 valence electrons. The lowest BCUT2D eigenvalue weighted by molar-refractivity contribution is 0.317. The summed E-state index contributed by atoms with van der Waals surface area (Å²) in [6.07, 6.45) is 3.08. The van der Waals surface area contributed by atoms with Crippen LogP contribution in [0, 0.1) is 0 Å². The number of nitrogen functional groups attached to an aromatic ring is 1. The molecule has 0 atom stereocenters. The van der Waals surface area contributed by atoms with Crippen molar-refractivity contribution < 1.29 is 4.74 Å². The Bertz CT molecular complexity index is 537. The van der Waals surface area contributed by atoms with Crippen LogP contribution in [0.2, 0.25) is 0 Å². The number of hydrogen-bond acceptors (Lipinski definition) is 4. The van der Waals surface area contributed by atoms with E-state index in [9.17, 15) is 0 Å². The van der Waals surface area contributed by atoms with Gasteiger partial charge in [0.1, 0.15) is 16.4 Å². The van der Waals surface area contributed by atoms with Gasteiger partial charge in [-0.3, -0.25) is 0 Å². The Morgan fingerprint density at radius 1 is 1.26 bits per heavy atom. The van der Waals surface area contributed by atoms with Crippen LogP contribution in [0.15, 0.2) is 24.3 Å². The highest BCUT2D eigenvalue weighted by atomic mass is 32.1. The minimum absolute atomic E-state index is 0.733. The molecule has 0 unspecified atom stereocenters. The standard InChI is InChI=1S/C15H20N2OS/c1-3-6-13-17-14(15(16)19-13)11-7-5-8-12(10-11)18-9-4-2/h5,7-8,10H,3-4,6,9,16H2,1-2H3. The van der Waals surface area contributed by atoms with Gasteiger partial charge in [0.25, 0.3) is 0 Å². The number of aromatic nitrogens is 1. The van der Waals surface area contributed by atoms with E-state index < -0.39 is 0 Å². The second-order valence-corrected chi connectivity index (χ2v) is 5.56. The molecule has 1 aromatic heterocycles. The van der Waals surface area contributed by atoms with Crippen molar-refractivity contribution in [3.05, 3.63) is 29.3 Å². The molecule has 1 heterocycles. The summed E-state index contributed by atoms with van der Waals surface area (Å²) in [5.41, 5.74) is 7.99. The van der Waals surface area contributed by atoms with Crippen LogP contribution in [0.1, 0.15) is 31.7 Å². The van der Waals surface area contributed by atoms with Gasteiger partial charge in [0.2, 0.25) is 0 Å². The number of thiazole rings is 1. The van der Waals surface area contributed by atoms with Gasteiger partial charge in [-0.15, -0.1) is 11.3 Å². The zero-order valence-electron chi connectivity index (χ0n) is 11.5. The van der Waals surface area contributed by atoms with E-state index in [4.69, 9.17) is 10.5 Å². The van der Waals surface area contributed by atoms with Crippen LogP contribution in [0.3, 0.4) is 0 Å². The summed E-state index contributed by atoms with van der Waals surface area (Å²) in [6.45, 7) is 4.98. The molecule has 0 aliphatic rings. The van der Waals surface area contributed by atoms with Gasteiger partial charge in [-0.1, -0.05) is 26.0 Å². The van der Waals surface area contributed by atoms with Gasteiger partial charge in [-0.2, -0.15) is 0 Å². The number of ether oxygens (including phenoxy) is 1. The molecule has 1 aromatic carbocycles. The average Bonchev–Trinajstić information content (AvgIpc) is 2.78. The Kier molecular flexibility index (Phi) is 4.80. The third-order valence-corrected chi connectivity index (χ3v) is 3.69. The summed E-state index contributed by atoms with van der Waals surface area (Å²) in [5, 5.41) is 1.89. The van der Waals surface area contributed by atoms with Gasteiger partial charge in [-0.25, -0.2) is 4.98 Å². The Balaban J connectivity index is 2.25. The van der Waals surface area contributed by atoms with Crippen molar-refractivity contribution in [3.63, 3.8) is 0 Å². The van der Waals surface area contributed by atoms with Gasteiger partial charge >= 0.3 is 0 Å². The molecule has 0 aliphatic carbocycles. The highest BCUT2D eigenvalue weighted by molar-refractivity contribution is 7.16. The fourth-order valence-corrected chi connectivity index (χ4v) is 2.82. The first-order chi connectivity index (χ1) is 9.24. The summed E-state index contributed by atoms with van der Waals surface area (Å²) < 4.78 is 5.65. The number of anilines is 1. The molecule has 2 N–H and O–H groups in total. The van der Waals surface area contributed by atoms with Crippen LogP contribution in [0.5, 0.6) is 5.75 Å². The zero-order valence-corrected chi connectivity index (χ0v) is 12.3. The largest absolute Gasteiger partial charge is 0.494 e. The molecule has 0 fully saturated rings. The summed E-state index contributed by atoms with van der Waals surface area (Å²) in [6, 6.07) is 7.99. The maximum atomic E-state index is 6.07. The van der Waals surface area contributed by atoms with Crippen molar-refractivity contribution >= 4 is 16.3 Å². The second kappa shape index (κ2) is 6.57. The predicted molar refractivity (Wildman–Crippen MR) is 81.7 cm³/mol. The lowest BCUT2D eigenvalue weighted by Gasteiger charge is -2.06. The van der Waals surface area contributed by atoms with Crippen LogP contribution >= 0.6 is 11.3 Å². The first kappa shape index (κ1) is 13.9. The highest BCUT2D eigenvalue weighted by Crippen LogP contribution is 2.32. The summed E-state index contributed by atoms with van der Waals surface area (Å²) >= 11 is 1.58. The van der Waals surface area contributed by atoms with Crippen molar-refractivity contribution in [3.8, 4) is 17.0 Å². The Labute approximate surface area is 118 Å². The van der Waals surface area contributed by atoms with Crippen molar-refractivity contribution in [2.75, 3.05) is 12.3 Å². The molecule has 0 aliphatic heterocycles. The minimum Gasteiger partial charge on any atom is -0.494 e. The van der Waals surface area contributed by atoms with Crippen molar-refractivity contribution in [2.45, 2.75) is 33.1 Å². The van der Waals surface area contributed by atoms with Crippen molar-refractivity contribution in [1.82, 2.24) is 4.98 Å². The number of hydrogen-bond donors (Lipinski definition) is 1. The molecule has 0 saturated heterocycles. The SMILES string of the molecule is CCCOc1cccc(-c2nc(CCC)sc2N)c1. The lowest BCUT2D eigenvalue weighted by Crippen LogP contribution is -1.95. The van der Waals surface area contributed by atoms with E-state index in [-0.39, 0.29) is 0 Å². The lowest BCUT2D eigenvalue weighted by atomic mass is 10.1. The minimum atomic E-state index is 0.733. The fourth-order valence-electron chi connectivity index (χ4n) is 1.86. The van der Waals surface area contributed by atoms with E-state index in [0.29, 0.717) is 0 Å². The van der Waals surface area contributed by atoms with E-state index >= 15 is 0 Å². The molecular weight excluding hydrogens is 256 g/mol. The smallest absolute Gasteiger partial charge is 0.119 e. The van der Waals surface area contributed by atoms with Crippen LogP contribution in [0.4, 0.5) is 5.00 Å². The first-order valence-corrected chi connectivity index (χ1v) is 7.54. The maximum absolute atomic E-state index is 6.07. The maximum Gasteiger partial charge on any atom is 0.119 e. The fraction of sp³-hybridized carbons (Fsp3) is 0.400. The normalized spacial score (nSPS) is 10.6. The van der Waals surface area contributed by atoms with Gasteiger partial charge in [0.15, 0.2) is 0 Å². The Morgan fingerprint density at radius 3 is 2.84 bits per heavy atom. The third kappa shape index (κ3) is 3.47. The van der Waals surface area contributed by atoms with E-state index in [0.717, 1.165) is 52.9 Å². The quantitative estimate of drug-likeness (QED) is 0.862. The first-order valence-electron chi connectivity index (χ1n) is 6.73. The van der Waals surface area contributed by atoms with E-state index in [2.05, 4.69) is 18.8 Å². The van der Waals surface area contributed by atoms with Gasteiger partial charge in [0.05, 0.1) is 11.6 Å². The second-order valence-electron chi connectivity index (χ2n) is 4.45. The molecule has 0 spiro atoms. The van der Waals surface area contributed by atoms with Gasteiger partial charge in [0, 0.05) is 5.56 Å². The van der Waals surface area contributed by atoms with Crippen LogP contribution in [0.25, 0.3) is 11.3 Å². The number of rotatable bonds is 6. The van der Waals surface area contributed by atoms with Crippen molar-refractivity contribution in [1.29, 1.82) is 0 Å². The molecule has 4 heteroatoms. The molecule has 19 heavy (non-hydrogen) atoms.